The van der Waals surface area contributed by atoms with Crippen LogP contribution in [0.2, 0.25) is 5.02 Å². The number of hydrogen-bond donors (Lipinski definition) is 2. The Morgan fingerprint density at radius 3 is 2.89 bits per heavy atom. The van der Waals surface area contributed by atoms with Crippen LogP contribution in [0.4, 0.5) is 14.9 Å². The minimum atomic E-state index is -0.517. The Kier molecular flexibility index (Phi) is 7.21. The van der Waals surface area contributed by atoms with E-state index in [2.05, 4.69) is 22.4 Å². The van der Waals surface area contributed by atoms with Crippen molar-refractivity contribution in [1.29, 1.82) is 5.26 Å². The van der Waals surface area contributed by atoms with E-state index in [9.17, 15) is 19.6 Å². The molecule has 5 rings (SSSR count). The zero-order valence-corrected chi connectivity index (χ0v) is 21.1. The molecular weight excluding hydrogens is 479 g/mol. The number of anilines is 1. The largest absolute Gasteiger partial charge is 0.392 e. The van der Waals surface area contributed by atoms with Gasteiger partial charge >= 0.3 is 6.03 Å². The summed E-state index contributed by atoms with van der Waals surface area (Å²) in [6.07, 6.45) is 5.27. The number of benzene rings is 2. The number of nitrogens with zero attached hydrogens (tertiary/aromatic N) is 3. The molecule has 2 aromatic carbocycles. The van der Waals surface area contributed by atoms with Crippen LogP contribution in [0, 0.1) is 23.1 Å². The average molecular weight is 511 g/mol. The van der Waals surface area contributed by atoms with Gasteiger partial charge in [0.05, 0.1) is 22.8 Å². The third-order valence-corrected chi connectivity index (χ3v) is 8.56. The highest BCUT2D eigenvalue weighted by Gasteiger charge is 2.58. The van der Waals surface area contributed by atoms with Crippen LogP contribution in [-0.4, -0.2) is 59.3 Å². The van der Waals surface area contributed by atoms with Gasteiger partial charge < -0.3 is 20.2 Å². The minimum absolute atomic E-state index is 0.0213. The summed E-state index contributed by atoms with van der Waals surface area (Å²) in [4.78, 5) is 17.6. The quantitative estimate of drug-likeness (QED) is 0.539. The number of amides is 2. The maximum Gasteiger partial charge on any atom is 0.322 e. The fourth-order valence-corrected chi connectivity index (χ4v) is 6.43. The molecule has 0 aromatic heterocycles. The molecule has 0 bridgehead atoms. The molecule has 0 spiro atoms. The molecule has 2 N–H and O–H groups in total. The number of carbonyl (C=O) groups excluding carboxylic acids is 1. The van der Waals surface area contributed by atoms with Crippen molar-refractivity contribution in [2.75, 3.05) is 31.5 Å². The van der Waals surface area contributed by atoms with Gasteiger partial charge in [0.15, 0.2) is 0 Å². The van der Waals surface area contributed by atoms with Gasteiger partial charge in [0.2, 0.25) is 0 Å². The number of halogens is 2. The molecule has 1 heterocycles. The number of aliphatic hydroxyl groups is 1. The van der Waals surface area contributed by atoms with E-state index in [1.807, 2.05) is 23.1 Å². The predicted molar refractivity (Wildman–Crippen MR) is 137 cm³/mol. The highest BCUT2D eigenvalue weighted by molar-refractivity contribution is 6.31. The van der Waals surface area contributed by atoms with Crippen molar-refractivity contribution < 1.29 is 14.3 Å². The number of nitrogens with one attached hydrogen (secondary N) is 1. The van der Waals surface area contributed by atoms with E-state index >= 15 is 0 Å². The lowest BCUT2D eigenvalue weighted by Gasteiger charge is -2.37. The zero-order valence-electron chi connectivity index (χ0n) is 20.3. The van der Waals surface area contributed by atoms with Crippen molar-refractivity contribution in [1.82, 2.24) is 9.80 Å². The number of rotatable bonds is 7. The van der Waals surface area contributed by atoms with Gasteiger partial charge in [-0.05, 0) is 92.3 Å². The lowest BCUT2D eigenvalue weighted by atomic mass is 9.80. The van der Waals surface area contributed by atoms with Gasteiger partial charge in [0, 0.05) is 31.4 Å². The summed E-state index contributed by atoms with van der Waals surface area (Å²) in [5.74, 6) is -0.0216. The summed E-state index contributed by atoms with van der Waals surface area (Å²) in [5, 5.41) is 22.0. The standard InChI is InChI=1S/C28H32ClFN4O2/c29-25-15-22(5-6-26(25)30)32-27(36)34(11-2-10-33-12-8-24(35)18-33)23-7-9-28(16-21(28)14-23)20-4-1-3-19(13-20)17-31/h1,3-6,13,15,21,23-24,35H,2,7-12,14,16,18H2,(H,32,36)/t21?,23-,24+,28+/m1/s1. The number of nitriles is 1. The molecule has 3 aliphatic rings. The van der Waals surface area contributed by atoms with Crippen LogP contribution in [0.25, 0.3) is 0 Å². The van der Waals surface area contributed by atoms with Crippen LogP contribution >= 0.6 is 11.6 Å². The molecule has 2 amide bonds. The SMILES string of the molecule is N#Cc1cccc([C@@]23CC[C@@H](N(CCCN4CC[C@H](O)C4)C(=O)Nc4ccc(F)c(Cl)c4)CC2C3)c1. The van der Waals surface area contributed by atoms with E-state index < -0.39 is 5.82 Å². The number of hydrogen-bond acceptors (Lipinski definition) is 4. The topological polar surface area (TPSA) is 79.6 Å². The Labute approximate surface area is 216 Å². The second-order valence-corrected chi connectivity index (χ2v) is 10.9. The molecule has 1 aliphatic heterocycles. The normalized spacial score (nSPS) is 27.2. The molecule has 2 aromatic rings. The Bertz CT molecular complexity index is 1170. The Morgan fingerprint density at radius 1 is 1.31 bits per heavy atom. The lowest BCUT2D eigenvalue weighted by Crippen LogP contribution is -2.46. The third-order valence-electron chi connectivity index (χ3n) is 8.27. The van der Waals surface area contributed by atoms with Gasteiger partial charge in [-0.25, -0.2) is 9.18 Å². The summed E-state index contributed by atoms with van der Waals surface area (Å²) >= 11 is 5.93. The highest BCUT2D eigenvalue weighted by atomic mass is 35.5. The van der Waals surface area contributed by atoms with Gasteiger partial charge in [-0.2, -0.15) is 5.26 Å². The van der Waals surface area contributed by atoms with Gasteiger partial charge in [0.25, 0.3) is 0 Å². The maximum atomic E-state index is 13.6. The van der Waals surface area contributed by atoms with Crippen molar-refractivity contribution in [2.24, 2.45) is 5.92 Å². The molecule has 3 fully saturated rings. The molecule has 2 aliphatic carbocycles. The first-order valence-electron chi connectivity index (χ1n) is 12.8. The van der Waals surface area contributed by atoms with E-state index in [-0.39, 0.29) is 28.6 Å². The van der Waals surface area contributed by atoms with Gasteiger partial charge in [-0.15, -0.1) is 0 Å². The summed E-state index contributed by atoms with van der Waals surface area (Å²) in [5.41, 5.74) is 2.54. The lowest BCUT2D eigenvalue weighted by molar-refractivity contribution is 0.151. The molecule has 36 heavy (non-hydrogen) atoms. The minimum Gasteiger partial charge on any atom is -0.392 e. The van der Waals surface area contributed by atoms with Gasteiger partial charge in [-0.1, -0.05) is 23.7 Å². The summed E-state index contributed by atoms with van der Waals surface area (Å²) in [6.45, 7) is 3.03. The number of fused-ring (bicyclic) bond motifs is 1. The monoisotopic (exact) mass is 510 g/mol. The zero-order chi connectivity index (χ0) is 25.3. The first-order chi connectivity index (χ1) is 17.4. The fraction of sp³-hybridized carbons (Fsp3) is 0.500. The molecule has 4 atom stereocenters. The van der Waals surface area contributed by atoms with E-state index in [1.54, 1.807) is 0 Å². The predicted octanol–water partition coefficient (Wildman–Crippen LogP) is 5.15. The van der Waals surface area contributed by atoms with Crippen molar-refractivity contribution in [2.45, 2.75) is 56.1 Å². The Hall–Kier alpha value is -2.66. The number of aliphatic hydroxyl groups excluding tert-OH is 1. The van der Waals surface area contributed by atoms with E-state index in [4.69, 9.17) is 11.6 Å². The number of β-amino-alcohol motifs (C(OH)–C–C–N with tert-alkyl or cyclic N) is 1. The summed E-state index contributed by atoms with van der Waals surface area (Å²) in [6, 6.07) is 14.4. The smallest absolute Gasteiger partial charge is 0.322 e. The first-order valence-corrected chi connectivity index (χ1v) is 13.2. The summed E-state index contributed by atoms with van der Waals surface area (Å²) in [7, 11) is 0. The second kappa shape index (κ2) is 10.4. The highest BCUT2D eigenvalue weighted by Crippen LogP contribution is 2.62. The van der Waals surface area contributed by atoms with Crippen LogP contribution in [0.1, 0.15) is 49.7 Å². The molecular formula is C28H32ClFN4O2. The second-order valence-electron chi connectivity index (χ2n) is 10.5. The fourth-order valence-electron chi connectivity index (χ4n) is 6.24. The van der Waals surface area contributed by atoms with Crippen LogP contribution in [0.5, 0.6) is 0 Å². The van der Waals surface area contributed by atoms with Crippen LogP contribution < -0.4 is 5.32 Å². The van der Waals surface area contributed by atoms with Crippen molar-refractivity contribution in [3.63, 3.8) is 0 Å². The number of likely N-dealkylation sites (tertiary alicyclic amines) is 1. The molecule has 1 unspecified atom stereocenters. The molecule has 6 nitrogen and oxygen atoms in total. The number of urea groups is 1. The maximum absolute atomic E-state index is 13.6. The molecule has 190 valence electrons. The van der Waals surface area contributed by atoms with Crippen molar-refractivity contribution in [3.8, 4) is 6.07 Å². The average Bonchev–Trinajstić information content (AvgIpc) is 3.48. The Balaban J connectivity index is 1.27. The van der Waals surface area contributed by atoms with E-state index in [0.29, 0.717) is 30.3 Å². The van der Waals surface area contributed by atoms with Crippen LogP contribution in [0.3, 0.4) is 0 Å². The molecule has 8 heteroatoms. The Morgan fingerprint density at radius 2 is 2.17 bits per heavy atom. The number of carbonyl (C=O) groups is 1. The molecule has 2 saturated carbocycles. The molecule has 0 radical (unpaired) electrons. The van der Waals surface area contributed by atoms with Gasteiger partial charge in [0.1, 0.15) is 5.82 Å². The summed E-state index contributed by atoms with van der Waals surface area (Å²) < 4.78 is 13.6. The van der Waals surface area contributed by atoms with Crippen LogP contribution in [-0.2, 0) is 5.41 Å². The molecule has 1 saturated heterocycles. The van der Waals surface area contributed by atoms with Crippen molar-refractivity contribution >= 4 is 23.3 Å². The van der Waals surface area contributed by atoms with Crippen LogP contribution in [0.15, 0.2) is 42.5 Å². The van der Waals surface area contributed by atoms with E-state index in [1.165, 1.54) is 23.8 Å². The van der Waals surface area contributed by atoms with E-state index in [0.717, 1.165) is 51.6 Å². The van der Waals surface area contributed by atoms with Gasteiger partial charge in [-0.3, -0.25) is 0 Å². The first kappa shape index (κ1) is 25.0. The third kappa shape index (κ3) is 5.22. The van der Waals surface area contributed by atoms with Crippen molar-refractivity contribution in [3.05, 3.63) is 64.4 Å².